The molecule has 0 fully saturated rings. The van der Waals surface area contributed by atoms with Gasteiger partial charge in [-0.3, -0.25) is 4.55 Å². The number of benzene rings is 4. The first-order valence-corrected chi connectivity index (χ1v) is 17.3. The molecule has 4 aromatic carbocycles. The molecule has 1 heterocycles. The Kier molecular flexibility index (Phi) is 9.36. The van der Waals surface area contributed by atoms with Crippen LogP contribution in [0.4, 0.5) is 29.0 Å². The molecule has 0 aliphatic carbocycles. The van der Waals surface area contributed by atoms with Gasteiger partial charge in [0.05, 0.1) is 27.8 Å². The average molecular weight is 691 g/mol. The summed E-state index contributed by atoms with van der Waals surface area (Å²) < 4.78 is 58.2. The van der Waals surface area contributed by atoms with Crippen LogP contribution in [0, 0.1) is 0 Å². The molecule has 0 unspecified atom stereocenters. The molecule has 0 radical (unpaired) electrons. The van der Waals surface area contributed by atoms with E-state index in [1.54, 1.807) is 13.1 Å². The molecule has 234 valence electrons. The molecule has 0 saturated carbocycles. The number of alkyl halides is 1. The largest absolute Gasteiger partial charge is 0.505 e. The second-order valence-corrected chi connectivity index (χ2v) is 14.3. The fourth-order valence-corrected chi connectivity index (χ4v) is 6.76. The number of aromatic hydroxyl groups is 1. The van der Waals surface area contributed by atoms with E-state index in [1.165, 1.54) is 23.1 Å². The van der Waals surface area contributed by atoms with Crippen LogP contribution in [0.3, 0.4) is 0 Å². The van der Waals surface area contributed by atoms with E-state index in [9.17, 15) is 26.5 Å². The molecule has 0 atom stereocenters. The van der Waals surface area contributed by atoms with E-state index in [0.717, 1.165) is 16.8 Å². The van der Waals surface area contributed by atoms with Gasteiger partial charge in [0.15, 0.2) is 15.6 Å². The van der Waals surface area contributed by atoms with Crippen LogP contribution >= 0.6 is 23.2 Å². The van der Waals surface area contributed by atoms with Crippen molar-refractivity contribution in [1.29, 1.82) is 0 Å². The molecule has 1 aromatic heterocycles. The van der Waals surface area contributed by atoms with Crippen LogP contribution in [-0.4, -0.2) is 72.4 Å². The molecule has 0 aliphatic heterocycles. The van der Waals surface area contributed by atoms with Gasteiger partial charge in [-0.25, -0.2) is 8.42 Å². The first kappa shape index (κ1) is 32.2. The maximum absolute atomic E-state index is 12.1. The SMILES string of the molecule is CN(CCS(=O)(=O)CCCl)c1nc(Cl)nc(Nc2cc(S(=O)(=O)O)cc3ccc(N=Nc4ccc5ccccc5c4)c(O)c23)n1. The van der Waals surface area contributed by atoms with E-state index >= 15 is 0 Å². The minimum absolute atomic E-state index is 0.0130. The van der Waals surface area contributed by atoms with Crippen molar-refractivity contribution in [3.8, 4) is 5.75 Å². The lowest BCUT2D eigenvalue weighted by atomic mass is 10.1. The molecule has 0 spiro atoms. The molecule has 13 nitrogen and oxygen atoms in total. The second-order valence-electron chi connectivity index (χ2n) is 9.82. The van der Waals surface area contributed by atoms with Gasteiger partial charge in [-0.1, -0.05) is 36.4 Å². The Labute approximate surface area is 268 Å². The van der Waals surface area contributed by atoms with Crippen molar-refractivity contribution in [1.82, 2.24) is 15.0 Å². The number of phenolic OH excluding ortho intramolecular Hbond substituents is 1. The smallest absolute Gasteiger partial charge is 0.294 e. The Morgan fingerprint density at radius 1 is 0.889 bits per heavy atom. The summed E-state index contributed by atoms with van der Waals surface area (Å²) >= 11 is 11.7. The number of aromatic nitrogens is 3. The van der Waals surface area contributed by atoms with Gasteiger partial charge in [0, 0.05) is 24.9 Å². The molecule has 0 aliphatic rings. The van der Waals surface area contributed by atoms with Crippen molar-refractivity contribution >= 4 is 93.7 Å². The van der Waals surface area contributed by atoms with Crippen LogP contribution in [0.25, 0.3) is 21.5 Å². The number of fused-ring (bicyclic) bond motifs is 2. The molecule has 5 rings (SSSR count). The van der Waals surface area contributed by atoms with Crippen LogP contribution in [0.2, 0.25) is 5.28 Å². The zero-order valence-electron chi connectivity index (χ0n) is 23.5. The van der Waals surface area contributed by atoms with Crippen molar-refractivity contribution in [3.63, 3.8) is 0 Å². The van der Waals surface area contributed by atoms with Gasteiger partial charge in [-0.15, -0.1) is 16.7 Å². The Hall–Kier alpha value is -4.15. The minimum atomic E-state index is -4.67. The zero-order valence-corrected chi connectivity index (χ0v) is 26.6. The van der Waals surface area contributed by atoms with Gasteiger partial charge in [-0.05, 0) is 58.1 Å². The Bertz CT molecular complexity index is 2170. The summed E-state index contributed by atoms with van der Waals surface area (Å²) in [5.41, 5.74) is 0.603. The number of sulfone groups is 1. The van der Waals surface area contributed by atoms with Crippen LogP contribution < -0.4 is 10.2 Å². The number of azo groups is 1. The standard InChI is InChI=1S/C28H25Cl2N7O6S2/c1-37(11-13-44(39,40)12-10-29)28-33-26(30)32-27(34-28)31-23-16-21(45(41,42)43)15-19-7-9-22(25(38)24(19)23)36-35-20-8-6-17-4-2-3-5-18(17)14-20/h2-9,14-16,38H,10-13H2,1H3,(H,41,42,43)(H,31,32,33,34). The van der Waals surface area contributed by atoms with E-state index in [-0.39, 0.29) is 69.0 Å². The molecular weight excluding hydrogens is 665 g/mol. The summed E-state index contributed by atoms with van der Waals surface area (Å²) in [6.45, 7) is 0.0204. The zero-order chi connectivity index (χ0) is 32.4. The minimum Gasteiger partial charge on any atom is -0.505 e. The van der Waals surface area contributed by atoms with Gasteiger partial charge >= 0.3 is 0 Å². The van der Waals surface area contributed by atoms with Gasteiger partial charge in [0.25, 0.3) is 10.1 Å². The van der Waals surface area contributed by atoms with Crippen molar-refractivity contribution in [3.05, 3.63) is 72.0 Å². The summed E-state index contributed by atoms with van der Waals surface area (Å²) in [7, 11) is -6.52. The van der Waals surface area contributed by atoms with Gasteiger partial charge < -0.3 is 15.3 Å². The molecule has 0 bridgehead atoms. The van der Waals surface area contributed by atoms with Crippen LogP contribution in [0.15, 0.2) is 81.9 Å². The lowest BCUT2D eigenvalue weighted by Crippen LogP contribution is -2.28. The Morgan fingerprint density at radius 3 is 2.36 bits per heavy atom. The monoisotopic (exact) mass is 689 g/mol. The van der Waals surface area contributed by atoms with Crippen molar-refractivity contribution in [2.75, 3.05) is 41.2 Å². The third-order valence-electron chi connectivity index (χ3n) is 6.66. The molecule has 17 heteroatoms. The Morgan fingerprint density at radius 2 is 1.62 bits per heavy atom. The number of nitrogens with one attached hydrogen (secondary N) is 1. The predicted molar refractivity (Wildman–Crippen MR) is 174 cm³/mol. The predicted octanol–water partition coefficient (Wildman–Crippen LogP) is 6.03. The summed E-state index contributed by atoms with van der Waals surface area (Å²) in [4.78, 5) is 13.3. The van der Waals surface area contributed by atoms with E-state index in [2.05, 4.69) is 30.5 Å². The van der Waals surface area contributed by atoms with E-state index < -0.39 is 24.9 Å². The highest BCUT2D eigenvalue weighted by Crippen LogP contribution is 2.42. The first-order valence-electron chi connectivity index (χ1n) is 13.2. The molecule has 5 aromatic rings. The van der Waals surface area contributed by atoms with Gasteiger partial charge in [-0.2, -0.15) is 28.5 Å². The molecule has 45 heavy (non-hydrogen) atoms. The molecular formula is C28H25Cl2N7O6S2. The number of halogens is 2. The van der Waals surface area contributed by atoms with Crippen molar-refractivity contribution in [2.24, 2.45) is 10.2 Å². The average Bonchev–Trinajstić information content (AvgIpc) is 2.98. The summed E-state index contributed by atoms with van der Waals surface area (Å²) in [6.07, 6.45) is 0. The van der Waals surface area contributed by atoms with Gasteiger partial charge in [0.1, 0.15) is 5.69 Å². The van der Waals surface area contributed by atoms with E-state index in [1.807, 2.05) is 36.4 Å². The maximum atomic E-state index is 12.1. The number of rotatable bonds is 11. The normalized spacial score (nSPS) is 12.3. The molecule has 3 N–H and O–H groups in total. The Balaban J connectivity index is 1.53. The second kappa shape index (κ2) is 13.1. The summed E-state index contributed by atoms with van der Waals surface area (Å²) in [6, 6.07) is 18.5. The van der Waals surface area contributed by atoms with Crippen LogP contribution in [-0.2, 0) is 20.0 Å². The molecule has 0 saturated heterocycles. The summed E-state index contributed by atoms with van der Waals surface area (Å²) in [5, 5.41) is 24.7. The van der Waals surface area contributed by atoms with Crippen LogP contribution in [0.1, 0.15) is 0 Å². The van der Waals surface area contributed by atoms with E-state index in [4.69, 9.17) is 23.2 Å². The number of nitrogens with zero attached hydrogens (tertiary/aromatic N) is 6. The quantitative estimate of drug-likeness (QED) is 0.0834. The lowest BCUT2D eigenvalue weighted by molar-refractivity contribution is 0.480. The maximum Gasteiger partial charge on any atom is 0.294 e. The topological polar surface area (TPSA) is 187 Å². The third kappa shape index (κ3) is 7.75. The fraction of sp³-hybridized carbons (Fsp3) is 0.179. The third-order valence-corrected chi connectivity index (χ3v) is 9.70. The lowest BCUT2D eigenvalue weighted by Gasteiger charge is -2.18. The number of phenols is 1. The van der Waals surface area contributed by atoms with Gasteiger partial charge in [0.2, 0.25) is 17.2 Å². The number of hydrogen-bond donors (Lipinski definition) is 3. The summed E-state index contributed by atoms with van der Waals surface area (Å²) in [5.74, 6) is -0.915. The van der Waals surface area contributed by atoms with Crippen LogP contribution in [0.5, 0.6) is 5.75 Å². The van der Waals surface area contributed by atoms with Crippen molar-refractivity contribution < 1.29 is 26.5 Å². The highest BCUT2D eigenvalue weighted by molar-refractivity contribution is 7.91. The highest BCUT2D eigenvalue weighted by atomic mass is 35.5. The number of hydrogen-bond acceptors (Lipinski definition) is 12. The molecule has 0 amide bonds. The number of anilines is 3. The highest BCUT2D eigenvalue weighted by Gasteiger charge is 2.20. The van der Waals surface area contributed by atoms with Crippen molar-refractivity contribution in [2.45, 2.75) is 4.90 Å². The van der Waals surface area contributed by atoms with E-state index in [0.29, 0.717) is 5.69 Å². The first-order chi connectivity index (χ1) is 21.3. The fourth-order valence-electron chi connectivity index (χ4n) is 4.37.